The predicted octanol–water partition coefficient (Wildman–Crippen LogP) is 2.62. The Morgan fingerprint density at radius 3 is 2.59 bits per heavy atom. The van der Waals surface area contributed by atoms with Gasteiger partial charge in [0.2, 0.25) is 0 Å². The summed E-state index contributed by atoms with van der Waals surface area (Å²) in [4.78, 5) is 0. The normalized spacial score (nSPS) is 14.2. The van der Waals surface area contributed by atoms with Crippen molar-refractivity contribution in [3.05, 3.63) is 35.9 Å². The van der Waals surface area contributed by atoms with Crippen LogP contribution in [0.25, 0.3) is 6.08 Å². The van der Waals surface area contributed by atoms with Gasteiger partial charge in [0.1, 0.15) is 5.75 Å². The number of hydrogen-bond donors (Lipinski definition) is 1. The maximum Gasteiger partial charge on any atom is 0.118 e. The smallest absolute Gasteiger partial charge is 0.118 e. The second kappa shape index (κ2) is 6.72. The third-order valence-corrected chi connectivity index (χ3v) is 2.60. The monoisotopic (exact) mass is 231 g/mol. The minimum atomic E-state index is -0.586. The molecule has 0 bridgehead atoms. The van der Waals surface area contributed by atoms with E-state index in [1.165, 1.54) is 0 Å². The summed E-state index contributed by atoms with van der Waals surface area (Å²) >= 11 is 0. The minimum Gasteiger partial charge on any atom is -0.497 e. The Morgan fingerprint density at radius 1 is 1.41 bits per heavy atom. The van der Waals surface area contributed by atoms with E-state index in [1.807, 2.05) is 37.3 Å². The molecule has 1 aromatic carbocycles. The van der Waals surface area contributed by atoms with Crippen molar-refractivity contribution >= 4 is 6.08 Å². The van der Waals surface area contributed by atoms with Crippen LogP contribution in [0.2, 0.25) is 0 Å². The van der Waals surface area contributed by atoms with Crippen molar-refractivity contribution in [2.24, 2.45) is 5.92 Å². The van der Waals surface area contributed by atoms with Gasteiger partial charge < -0.3 is 9.84 Å². The van der Waals surface area contributed by atoms with Crippen molar-refractivity contribution in [1.82, 2.24) is 0 Å². The predicted molar refractivity (Wildman–Crippen MR) is 67.4 cm³/mol. The molecular weight excluding hydrogens is 214 g/mol. The third-order valence-electron chi connectivity index (χ3n) is 2.60. The maximum absolute atomic E-state index is 9.75. The maximum atomic E-state index is 9.75. The van der Waals surface area contributed by atoms with E-state index >= 15 is 0 Å². The van der Waals surface area contributed by atoms with Gasteiger partial charge in [-0.15, -0.1) is 0 Å². The second-order valence-corrected chi connectivity index (χ2v) is 3.96. The van der Waals surface area contributed by atoms with Gasteiger partial charge in [-0.05, 0) is 23.6 Å². The minimum absolute atomic E-state index is 0.0468. The van der Waals surface area contributed by atoms with Crippen LogP contribution in [-0.4, -0.2) is 18.3 Å². The van der Waals surface area contributed by atoms with Crippen molar-refractivity contribution in [1.29, 1.82) is 5.26 Å². The first-order valence-corrected chi connectivity index (χ1v) is 5.54. The summed E-state index contributed by atoms with van der Waals surface area (Å²) in [6.45, 7) is 1.85. The third kappa shape index (κ3) is 4.29. The lowest BCUT2D eigenvalue weighted by atomic mass is 10.0. The van der Waals surface area contributed by atoms with Gasteiger partial charge in [-0.3, -0.25) is 0 Å². The van der Waals surface area contributed by atoms with E-state index in [-0.39, 0.29) is 5.92 Å². The van der Waals surface area contributed by atoms with Crippen molar-refractivity contribution in [3.63, 3.8) is 0 Å². The van der Waals surface area contributed by atoms with Crippen LogP contribution in [0.4, 0.5) is 0 Å². The molecule has 0 spiro atoms. The van der Waals surface area contributed by atoms with E-state index in [9.17, 15) is 5.11 Å². The van der Waals surface area contributed by atoms with Crippen LogP contribution < -0.4 is 4.74 Å². The zero-order valence-electron chi connectivity index (χ0n) is 10.1. The largest absolute Gasteiger partial charge is 0.497 e. The van der Waals surface area contributed by atoms with Crippen molar-refractivity contribution in [2.45, 2.75) is 19.4 Å². The summed E-state index contributed by atoms with van der Waals surface area (Å²) in [7, 11) is 1.62. The first-order valence-electron chi connectivity index (χ1n) is 5.54. The lowest BCUT2D eigenvalue weighted by Crippen LogP contribution is -2.13. The molecule has 0 aliphatic heterocycles. The van der Waals surface area contributed by atoms with Gasteiger partial charge >= 0.3 is 0 Å². The molecule has 0 radical (unpaired) electrons. The molecular formula is C14H17NO2. The molecule has 0 fully saturated rings. The highest BCUT2D eigenvalue weighted by atomic mass is 16.5. The molecule has 0 heterocycles. The Hall–Kier alpha value is -1.79. The second-order valence-electron chi connectivity index (χ2n) is 3.96. The lowest BCUT2D eigenvalue weighted by molar-refractivity contribution is 0.165. The van der Waals surface area contributed by atoms with Gasteiger partial charge in [-0.1, -0.05) is 31.2 Å². The fourth-order valence-corrected chi connectivity index (χ4v) is 1.38. The zero-order chi connectivity index (χ0) is 12.7. The fraction of sp³-hybridized carbons (Fsp3) is 0.357. The highest BCUT2D eigenvalue weighted by molar-refractivity contribution is 5.51. The quantitative estimate of drug-likeness (QED) is 0.847. The standard InChI is InChI=1S/C14H17NO2/c1-11(9-10-15)14(16)8-5-12-3-6-13(17-2)7-4-12/h3-8,11,14,16H,9H2,1-2H3/b8-5+/t11-,14-/m0/s1. The number of benzene rings is 1. The van der Waals surface area contributed by atoms with E-state index in [1.54, 1.807) is 13.2 Å². The highest BCUT2D eigenvalue weighted by Gasteiger charge is 2.09. The zero-order valence-corrected chi connectivity index (χ0v) is 10.1. The Labute approximate surface area is 102 Å². The van der Waals surface area contributed by atoms with E-state index in [2.05, 4.69) is 6.07 Å². The molecule has 0 aliphatic carbocycles. The first-order chi connectivity index (χ1) is 8.17. The first kappa shape index (κ1) is 13.3. The number of hydrogen-bond acceptors (Lipinski definition) is 3. The van der Waals surface area contributed by atoms with Crippen LogP contribution in [0.3, 0.4) is 0 Å². The summed E-state index contributed by atoms with van der Waals surface area (Å²) in [5.74, 6) is 0.759. The SMILES string of the molecule is COc1ccc(/C=C/[C@H](O)[C@@H](C)CC#N)cc1. The van der Waals surface area contributed by atoms with Gasteiger partial charge in [0, 0.05) is 6.42 Å². The number of rotatable bonds is 5. The Morgan fingerprint density at radius 2 is 2.06 bits per heavy atom. The molecule has 0 aliphatic rings. The molecule has 0 unspecified atom stereocenters. The van der Waals surface area contributed by atoms with Crippen molar-refractivity contribution in [3.8, 4) is 11.8 Å². The number of aliphatic hydroxyl groups excluding tert-OH is 1. The summed E-state index contributed by atoms with van der Waals surface area (Å²) in [6, 6.07) is 9.61. The molecule has 2 atom stereocenters. The molecule has 3 heteroatoms. The number of methoxy groups -OCH3 is 1. The summed E-state index contributed by atoms with van der Waals surface area (Å²) < 4.78 is 5.06. The highest BCUT2D eigenvalue weighted by Crippen LogP contribution is 2.14. The van der Waals surface area contributed by atoms with Crippen LogP contribution in [-0.2, 0) is 0 Å². The average Bonchev–Trinajstić information content (AvgIpc) is 2.36. The number of aliphatic hydroxyl groups is 1. The summed E-state index contributed by atoms with van der Waals surface area (Å²) in [6.07, 6.45) is 3.33. The topological polar surface area (TPSA) is 53.2 Å². The molecule has 1 rings (SSSR count). The number of nitrogens with zero attached hydrogens (tertiary/aromatic N) is 1. The van der Waals surface area contributed by atoms with Crippen LogP contribution in [0.5, 0.6) is 5.75 Å². The average molecular weight is 231 g/mol. The number of nitriles is 1. The Balaban J connectivity index is 2.60. The van der Waals surface area contributed by atoms with E-state index < -0.39 is 6.10 Å². The van der Waals surface area contributed by atoms with Crippen molar-refractivity contribution < 1.29 is 9.84 Å². The van der Waals surface area contributed by atoms with Gasteiger partial charge in [0.25, 0.3) is 0 Å². The molecule has 90 valence electrons. The lowest BCUT2D eigenvalue weighted by Gasteiger charge is -2.11. The Bertz CT molecular complexity index is 403. The molecule has 1 aromatic rings. The van der Waals surface area contributed by atoms with Crippen LogP contribution >= 0.6 is 0 Å². The van der Waals surface area contributed by atoms with Gasteiger partial charge in [0.05, 0.1) is 19.3 Å². The molecule has 17 heavy (non-hydrogen) atoms. The van der Waals surface area contributed by atoms with Crippen LogP contribution in [0.1, 0.15) is 18.9 Å². The van der Waals surface area contributed by atoms with Crippen molar-refractivity contribution in [2.75, 3.05) is 7.11 Å². The van der Waals surface area contributed by atoms with Crippen LogP contribution in [0.15, 0.2) is 30.3 Å². The molecule has 3 nitrogen and oxygen atoms in total. The fourth-order valence-electron chi connectivity index (χ4n) is 1.38. The summed E-state index contributed by atoms with van der Waals surface area (Å²) in [5, 5.41) is 18.3. The van der Waals surface area contributed by atoms with Gasteiger partial charge in [-0.25, -0.2) is 0 Å². The molecule has 0 amide bonds. The summed E-state index contributed by atoms with van der Waals surface area (Å²) in [5.41, 5.74) is 0.994. The number of ether oxygens (including phenoxy) is 1. The van der Waals surface area contributed by atoms with Gasteiger partial charge in [-0.2, -0.15) is 5.26 Å². The molecule has 0 saturated carbocycles. The Kier molecular flexibility index (Phi) is 5.25. The van der Waals surface area contributed by atoms with E-state index in [4.69, 9.17) is 10.00 Å². The molecule has 1 N–H and O–H groups in total. The van der Waals surface area contributed by atoms with E-state index in [0.717, 1.165) is 11.3 Å². The van der Waals surface area contributed by atoms with Gasteiger partial charge in [0.15, 0.2) is 0 Å². The molecule has 0 saturated heterocycles. The van der Waals surface area contributed by atoms with Crippen LogP contribution in [0, 0.1) is 17.2 Å². The van der Waals surface area contributed by atoms with E-state index in [0.29, 0.717) is 6.42 Å². The molecule has 0 aromatic heterocycles.